The smallest absolute Gasteiger partial charge is 0.0682 e. The van der Waals surface area contributed by atoms with Crippen LogP contribution in [0, 0.1) is 0 Å². The highest BCUT2D eigenvalue weighted by Gasteiger charge is 2.05. The first kappa shape index (κ1) is 13.6. The van der Waals surface area contributed by atoms with E-state index in [4.69, 9.17) is 5.11 Å². The third-order valence-corrected chi connectivity index (χ3v) is 3.38. The molecule has 2 rings (SSSR count). The van der Waals surface area contributed by atoms with Crippen LogP contribution in [-0.4, -0.2) is 5.11 Å². The molecule has 0 aliphatic rings. The third-order valence-electron chi connectivity index (χ3n) is 3.38. The quantitative estimate of drug-likeness (QED) is 0.849. The van der Waals surface area contributed by atoms with E-state index in [0.717, 1.165) is 17.7 Å². The number of hydrogen-bond acceptors (Lipinski definition) is 2. The number of benzene rings is 2. The third kappa shape index (κ3) is 3.58. The molecule has 0 saturated heterocycles. The van der Waals surface area contributed by atoms with Gasteiger partial charge in [0.15, 0.2) is 0 Å². The van der Waals surface area contributed by atoms with Crippen LogP contribution >= 0.6 is 0 Å². The zero-order valence-electron chi connectivity index (χ0n) is 11.6. The second-order valence-electron chi connectivity index (χ2n) is 4.82. The van der Waals surface area contributed by atoms with Crippen molar-refractivity contribution in [1.29, 1.82) is 0 Å². The lowest BCUT2D eigenvalue weighted by Crippen LogP contribution is -2.06. The molecule has 2 aromatic rings. The van der Waals surface area contributed by atoms with Crippen molar-refractivity contribution in [3.8, 4) is 0 Å². The van der Waals surface area contributed by atoms with Crippen LogP contribution in [0.25, 0.3) is 0 Å². The Hall–Kier alpha value is -1.80. The predicted octanol–water partition coefficient (Wildman–Crippen LogP) is 3.91. The van der Waals surface area contributed by atoms with Crippen LogP contribution in [-0.2, 0) is 13.0 Å². The lowest BCUT2D eigenvalue weighted by molar-refractivity contribution is 0.282. The summed E-state index contributed by atoms with van der Waals surface area (Å²) in [6.45, 7) is 4.39. The fraction of sp³-hybridized carbons (Fsp3) is 0.294. The largest absolute Gasteiger partial charge is 0.392 e. The van der Waals surface area contributed by atoms with E-state index < -0.39 is 0 Å². The zero-order valence-corrected chi connectivity index (χ0v) is 11.6. The number of anilines is 1. The zero-order chi connectivity index (χ0) is 13.7. The van der Waals surface area contributed by atoms with Gasteiger partial charge in [-0.05, 0) is 42.2 Å². The van der Waals surface area contributed by atoms with E-state index >= 15 is 0 Å². The predicted molar refractivity (Wildman–Crippen MR) is 80.2 cm³/mol. The highest BCUT2D eigenvalue weighted by Crippen LogP contribution is 2.20. The lowest BCUT2D eigenvalue weighted by atomic mass is 10.0. The summed E-state index contributed by atoms with van der Waals surface area (Å²) in [7, 11) is 0. The minimum Gasteiger partial charge on any atom is -0.392 e. The number of nitrogens with one attached hydrogen (secondary N) is 1. The Labute approximate surface area is 115 Å². The van der Waals surface area contributed by atoms with Crippen LogP contribution in [0.3, 0.4) is 0 Å². The number of hydrogen-bond donors (Lipinski definition) is 2. The molecule has 0 amide bonds. The maximum absolute atomic E-state index is 9.14. The van der Waals surface area contributed by atoms with Crippen molar-refractivity contribution in [2.24, 2.45) is 0 Å². The van der Waals surface area contributed by atoms with Crippen molar-refractivity contribution in [2.75, 3.05) is 5.32 Å². The summed E-state index contributed by atoms with van der Waals surface area (Å²) in [6.07, 6.45) is 1.07. The van der Waals surface area contributed by atoms with E-state index in [1.165, 1.54) is 11.1 Å². The molecular weight excluding hydrogens is 234 g/mol. The highest BCUT2D eigenvalue weighted by atomic mass is 16.3. The molecule has 0 aliphatic carbocycles. The van der Waals surface area contributed by atoms with Crippen LogP contribution in [0.5, 0.6) is 0 Å². The molecule has 19 heavy (non-hydrogen) atoms. The molecule has 0 fully saturated rings. The van der Waals surface area contributed by atoms with Gasteiger partial charge in [0, 0.05) is 11.7 Å². The molecular formula is C17H21NO. The van der Waals surface area contributed by atoms with Gasteiger partial charge in [-0.2, -0.15) is 0 Å². The molecule has 2 nitrogen and oxygen atoms in total. The SMILES string of the molecule is CCc1ccc(C(C)Nc2cccc(CO)c2)cc1. The van der Waals surface area contributed by atoms with Crippen molar-refractivity contribution in [2.45, 2.75) is 32.9 Å². The van der Waals surface area contributed by atoms with Crippen LogP contribution in [0.15, 0.2) is 48.5 Å². The average molecular weight is 255 g/mol. The number of aliphatic hydroxyl groups is 1. The molecule has 2 heteroatoms. The molecule has 0 aromatic heterocycles. The van der Waals surface area contributed by atoms with Crippen molar-refractivity contribution < 1.29 is 5.11 Å². The van der Waals surface area contributed by atoms with Gasteiger partial charge in [0.1, 0.15) is 0 Å². The Morgan fingerprint density at radius 2 is 1.79 bits per heavy atom. The van der Waals surface area contributed by atoms with Gasteiger partial charge in [0.25, 0.3) is 0 Å². The van der Waals surface area contributed by atoms with E-state index in [9.17, 15) is 0 Å². The number of rotatable bonds is 5. The molecule has 1 atom stereocenters. The summed E-state index contributed by atoms with van der Waals surface area (Å²) < 4.78 is 0. The average Bonchev–Trinajstić information content (AvgIpc) is 2.47. The van der Waals surface area contributed by atoms with Crippen LogP contribution in [0.1, 0.15) is 36.6 Å². The normalized spacial score (nSPS) is 12.2. The standard InChI is InChI=1S/C17H21NO/c1-3-14-7-9-16(10-8-14)13(2)18-17-6-4-5-15(11-17)12-19/h4-11,13,18-19H,3,12H2,1-2H3. The fourth-order valence-electron chi connectivity index (χ4n) is 2.13. The fourth-order valence-corrected chi connectivity index (χ4v) is 2.13. The van der Waals surface area contributed by atoms with E-state index in [2.05, 4.69) is 43.4 Å². The Kier molecular flexibility index (Phi) is 4.58. The minimum atomic E-state index is 0.0785. The van der Waals surface area contributed by atoms with Gasteiger partial charge in [-0.1, -0.05) is 43.3 Å². The van der Waals surface area contributed by atoms with E-state index in [-0.39, 0.29) is 12.6 Å². The lowest BCUT2D eigenvalue weighted by Gasteiger charge is -2.16. The molecule has 2 aromatic carbocycles. The first-order valence-corrected chi connectivity index (χ1v) is 6.78. The van der Waals surface area contributed by atoms with E-state index in [0.29, 0.717) is 0 Å². The van der Waals surface area contributed by atoms with Gasteiger partial charge in [0.2, 0.25) is 0 Å². The molecule has 0 aliphatic heterocycles. The summed E-state index contributed by atoms with van der Waals surface area (Å²) in [5.41, 5.74) is 4.60. The molecule has 100 valence electrons. The van der Waals surface area contributed by atoms with Gasteiger partial charge in [-0.15, -0.1) is 0 Å². The summed E-state index contributed by atoms with van der Waals surface area (Å²) in [5.74, 6) is 0. The van der Waals surface area contributed by atoms with Crippen LogP contribution in [0.4, 0.5) is 5.69 Å². The molecule has 0 spiro atoms. The Morgan fingerprint density at radius 1 is 1.05 bits per heavy atom. The van der Waals surface area contributed by atoms with Gasteiger partial charge >= 0.3 is 0 Å². The van der Waals surface area contributed by atoms with Gasteiger partial charge in [-0.25, -0.2) is 0 Å². The van der Waals surface area contributed by atoms with E-state index in [1.807, 2.05) is 24.3 Å². The van der Waals surface area contributed by atoms with Crippen molar-refractivity contribution in [1.82, 2.24) is 0 Å². The number of aryl methyl sites for hydroxylation is 1. The first-order valence-electron chi connectivity index (χ1n) is 6.78. The molecule has 0 saturated carbocycles. The van der Waals surface area contributed by atoms with Crippen molar-refractivity contribution in [3.63, 3.8) is 0 Å². The Morgan fingerprint density at radius 3 is 2.42 bits per heavy atom. The molecule has 0 heterocycles. The Bertz CT molecular complexity index is 519. The Balaban J connectivity index is 2.08. The molecule has 2 N–H and O–H groups in total. The van der Waals surface area contributed by atoms with Crippen molar-refractivity contribution in [3.05, 3.63) is 65.2 Å². The molecule has 1 unspecified atom stereocenters. The summed E-state index contributed by atoms with van der Waals surface area (Å²) in [6, 6.07) is 16.8. The van der Waals surface area contributed by atoms with Crippen molar-refractivity contribution >= 4 is 5.69 Å². The van der Waals surface area contributed by atoms with Crippen LogP contribution < -0.4 is 5.32 Å². The first-order chi connectivity index (χ1) is 9.22. The highest BCUT2D eigenvalue weighted by molar-refractivity contribution is 5.47. The molecule has 0 bridgehead atoms. The van der Waals surface area contributed by atoms with E-state index in [1.54, 1.807) is 0 Å². The maximum Gasteiger partial charge on any atom is 0.0682 e. The second-order valence-corrected chi connectivity index (χ2v) is 4.82. The molecule has 0 radical (unpaired) electrons. The monoisotopic (exact) mass is 255 g/mol. The summed E-state index contributed by atoms with van der Waals surface area (Å²) in [5, 5.41) is 12.6. The second kappa shape index (κ2) is 6.39. The van der Waals surface area contributed by atoms with Gasteiger partial charge in [-0.3, -0.25) is 0 Å². The van der Waals surface area contributed by atoms with Gasteiger partial charge < -0.3 is 10.4 Å². The summed E-state index contributed by atoms with van der Waals surface area (Å²) >= 11 is 0. The van der Waals surface area contributed by atoms with Gasteiger partial charge in [0.05, 0.1) is 6.61 Å². The van der Waals surface area contributed by atoms with Crippen LogP contribution in [0.2, 0.25) is 0 Å². The maximum atomic E-state index is 9.14. The summed E-state index contributed by atoms with van der Waals surface area (Å²) in [4.78, 5) is 0. The minimum absolute atomic E-state index is 0.0785. The topological polar surface area (TPSA) is 32.3 Å². The number of aliphatic hydroxyl groups excluding tert-OH is 1.